The number of hydrogen-bond donors (Lipinski definition) is 0. The molecular weight excluding hydrogens is 292 g/mol. The molecule has 0 saturated carbocycles. The summed E-state index contributed by atoms with van der Waals surface area (Å²) in [6, 6.07) is -0.944. The van der Waals surface area contributed by atoms with Gasteiger partial charge in [-0.1, -0.05) is 0 Å². The van der Waals surface area contributed by atoms with E-state index in [0.29, 0.717) is 11.8 Å². The van der Waals surface area contributed by atoms with Gasteiger partial charge in [0, 0.05) is 13.8 Å². The molecule has 0 aromatic carbocycles. The second-order valence-electron chi connectivity index (χ2n) is 4.88. The van der Waals surface area contributed by atoms with E-state index in [-0.39, 0.29) is 24.1 Å². The largest absolute Gasteiger partial charge is 0.475 e. The van der Waals surface area contributed by atoms with Crippen molar-refractivity contribution < 1.29 is 28.5 Å². The van der Waals surface area contributed by atoms with Gasteiger partial charge >= 0.3 is 11.9 Å². The molecule has 2 heterocycles. The van der Waals surface area contributed by atoms with Gasteiger partial charge in [0.15, 0.2) is 23.9 Å². The van der Waals surface area contributed by atoms with Crippen LogP contribution < -0.4 is 0 Å². The number of esters is 2. The van der Waals surface area contributed by atoms with E-state index in [1.807, 2.05) is 0 Å². The summed E-state index contributed by atoms with van der Waals surface area (Å²) in [4.78, 5) is 29.8. The van der Waals surface area contributed by atoms with E-state index in [1.165, 1.54) is 14.2 Å². The van der Waals surface area contributed by atoms with E-state index in [9.17, 15) is 9.59 Å². The zero-order valence-electron chi connectivity index (χ0n) is 13.7. The maximum atomic E-state index is 11.0. The molecule has 0 bridgehead atoms. The Morgan fingerprint density at radius 1 is 0.864 bits per heavy atom. The lowest BCUT2D eigenvalue weighted by molar-refractivity contribution is -0.144. The topological polar surface area (TPSA) is 95.8 Å². The Morgan fingerprint density at radius 3 is 1.36 bits per heavy atom. The van der Waals surface area contributed by atoms with Gasteiger partial charge in [0.25, 0.3) is 0 Å². The Labute approximate surface area is 129 Å². The van der Waals surface area contributed by atoms with Gasteiger partial charge in [0.1, 0.15) is 12.2 Å². The van der Waals surface area contributed by atoms with Crippen LogP contribution in [0.15, 0.2) is 9.98 Å². The van der Waals surface area contributed by atoms with Gasteiger partial charge in [-0.15, -0.1) is 0 Å². The molecule has 2 rings (SSSR count). The quantitative estimate of drug-likeness (QED) is 0.697. The summed E-state index contributed by atoms with van der Waals surface area (Å²) in [6.45, 7) is 7.03. The van der Waals surface area contributed by atoms with Crippen molar-refractivity contribution in [2.45, 2.75) is 52.0 Å². The van der Waals surface area contributed by atoms with Crippen molar-refractivity contribution in [2.24, 2.45) is 9.98 Å². The molecule has 0 aromatic heterocycles. The molecule has 124 valence electrons. The number of carbonyl (C=O) groups excluding carboxylic acids is 2. The lowest BCUT2D eigenvalue weighted by Crippen LogP contribution is -2.28. The average Bonchev–Trinajstić information content (AvgIpc) is 2.99. The van der Waals surface area contributed by atoms with Crippen LogP contribution in [-0.2, 0) is 28.5 Å². The molecule has 8 nitrogen and oxygen atoms in total. The van der Waals surface area contributed by atoms with Crippen LogP contribution in [0.4, 0.5) is 0 Å². The minimum atomic E-state index is -0.472. The highest BCUT2D eigenvalue weighted by Crippen LogP contribution is 2.14. The third-order valence-electron chi connectivity index (χ3n) is 3.13. The van der Waals surface area contributed by atoms with Crippen molar-refractivity contribution in [2.75, 3.05) is 14.2 Å². The van der Waals surface area contributed by atoms with Crippen molar-refractivity contribution in [3.8, 4) is 0 Å². The van der Waals surface area contributed by atoms with E-state index >= 15 is 0 Å². The Bertz CT molecular complexity index is 444. The molecule has 2 aliphatic heterocycles. The van der Waals surface area contributed by atoms with Crippen LogP contribution in [0, 0.1) is 0 Å². The molecule has 0 N–H and O–H groups in total. The summed E-state index contributed by atoms with van der Waals surface area (Å²) in [7, 11) is 2.69. The molecule has 22 heavy (non-hydrogen) atoms. The molecule has 0 amide bonds. The zero-order chi connectivity index (χ0) is 16.9. The smallest absolute Gasteiger partial charge is 0.334 e. The predicted molar refractivity (Wildman–Crippen MR) is 78.9 cm³/mol. The van der Waals surface area contributed by atoms with E-state index < -0.39 is 12.1 Å². The Balaban J connectivity index is 0.000000220. The van der Waals surface area contributed by atoms with Crippen LogP contribution in [-0.4, -0.2) is 62.2 Å². The molecule has 8 heteroatoms. The number of methoxy groups -OCH3 is 2. The second kappa shape index (κ2) is 7.77. The number of hydrogen-bond acceptors (Lipinski definition) is 8. The summed E-state index contributed by atoms with van der Waals surface area (Å²) in [5.74, 6) is 0.421. The molecule has 4 atom stereocenters. The van der Waals surface area contributed by atoms with Crippen LogP contribution in [0.5, 0.6) is 0 Å². The molecule has 2 unspecified atom stereocenters. The van der Waals surface area contributed by atoms with E-state index in [0.717, 1.165) is 0 Å². The number of nitrogens with zero attached hydrogens (tertiary/aromatic N) is 2. The standard InChI is InChI=1S/2C7H11NO3/c2*1-4-6(7(9)10-3)8-5(2)11-4/h2*4,6H,1-3H3/t2*4-,6?/m00/s1. The second-order valence-corrected chi connectivity index (χ2v) is 4.88. The first kappa shape index (κ1) is 17.9. The van der Waals surface area contributed by atoms with E-state index in [4.69, 9.17) is 9.47 Å². The van der Waals surface area contributed by atoms with Crippen LogP contribution >= 0.6 is 0 Å². The van der Waals surface area contributed by atoms with Gasteiger partial charge in [-0.05, 0) is 13.8 Å². The van der Waals surface area contributed by atoms with Crippen molar-refractivity contribution in [1.82, 2.24) is 0 Å². The lowest BCUT2D eigenvalue weighted by Gasteiger charge is -2.09. The molecular formula is C14H22N2O6. The third-order valence-corrected chi connectivity index (χ3v) is 3.13. The minimum Gasteiger partial charge on any atom is -0.475 e. The number of aliphatic imine (C=N–C) groups is 2. The monoisotopic (exact) mass is 314 g/mol. The normalized spacial score (nSPS) is 29.2. The van der Waals surface area contributed by atoms with Crippen molar-refractivity contribution in [3.63, 3.8) is 0 Å². The number of ether oxygens (including phenoxy) is 4. The third kappa shape index (κ3) is 4.44. The molecule has 0 saturated heterocycles. The first-order valence-electron chi connectivity index (χ1n) is 6.87. The Hall–Kier alpha value is -2.12. The first-order chi connectivity index (χ1) is 10.3. The van der Waals surface area contributed by atoms with Crippen molar-refractivity contribution >= 4 is 23.7 Å². The fraction of sp³-hybridized carbons (Fsp3) is 0.714. The van der Waals surface area contributed by atoms with Crippen LogP contribution in [0.2, 0.25) is 0 Å². The van der Waals surface area contributed by atoms with Crippen molar-refractivity contribution in [3.05, 3.63) is 0 Å². The SMILES string of the molecule is COC(=O)C1N=C(C)O[C@H]1C.COC(=O)C1N=C(C)O[C@H]1C. The fourth-order valence-corrected chi connectivity index (χ4v) is 2.06. The van der Waals surface area contributed by atoms with Gasteiger partial charge in [-0.3, -0.25) is 0 Å². The summed E-state index contributed by atoms with van der Waals surface area (Å²) in [5.41, 5.74) is 0. The minimum absolute atomic E-state index is 0.192. The van der Waals surface area contributed by atoms with Crippen molar-refractivity contribution in [1.29, 1.82) is 0 Å². The predicted octanol–water partition coefficient (Wildman–Crippen LogP) is 0.730. The summed E-state index contributed by atoms with van der Waals surface area (Å²) in [6.07, 6.45) is -0.384. The molecule has 0 aromatic rings. The lowest BCUT2D eigenvalue weighted by atomic mass is 10.2. The maximum Gasteiger partial charge on any atom is 0.334 e. The van der Waals surface area contributed by atoms with E-state index in [2.05, 4.69) is 19.5 Å². The fourth-order valence-electron chi connectivity index (χ4n) is 2.06. The highest BCUT2D eigenvalue weighted by molar-refractivity contribution is 5.85. The molecule has 0 fully saturated rings. The van der Waals surface area contributed by atoms with Crippen LogP contribution in [0.25, 0.3) is 0 Å². The van der Waals surface area contributed by atoms with Gasteiger partial charge in [-0.2, -0.15) is 0 Å². The van der Waals surface area contributed by atoms with Gasteiger partial charge < -0.3 is 18.9 Å². The highest BCUT2D eigenvalue weighted by atomic mass is 16.5. The summed E-state index contributed by atoms with van der Waals surface area (Å²) < 4.78 is 19.3. The molecule has 0 radical (unpaired) electrons. The average molecular weight is 314 g/mol. The van der Waals surface area contributed by atoms with E-state index in [1.54, 1.807) is 27.7 Å². The van der Waals surface area contributed by atoms with Gasteiger partial charge in [0.2, 0.25) is 0 Å². The summed E-state index contributed by atoms with van der Waals surface area (Å²) in [5, 5.41) is 0. The maximum absolute atomic E-state index is 11.0. The first-order valence-corrected chi connectivity index (χ1v) is 6.87. The van der Waals surface area contributed by atoms with Crippen LogP contribution in [0.3, 0.4) is 0 Å². The number of rotatable bonds is 2. The molecule has 2 aliphatic rings. The summed E-state index contributed by atoms with van der Waals surface area (Å²) >= 11 is 0. The zero-order valence-corrected chi connectivity index (χ0v) is 13.7. The highest BCUT2D eigenvalue weighted by Gasteiger charge is 2.32. The Morgan fingerprint density at radius 2 is 1.18 bits per heavy atom. The molecule has 0 spiro atoms. The van der Waals surface area contributed by atoms with Gasteiger partial charge in [0.05, 0.1) is 14.2 Å². The number of carbonyl (C=O) groups is 2. The van der Waals surface area contributed by atoms with Crippen LogP contribution in [0.1, 0.15) is 27.7 Å². The van der Waals surface area contributed by atoms with Gasteiger partial charge in [-0.25, -0.2) is 19.6 Å². The Kier molecular flexibility index (Phi) is 6.33. The molecule has 0 aliphatic carbocycles.